The Morgan fingerprint density at radius 1 is 1.21 bits per heavy atom. The summed E-state index contributed by atoms with van der Waals surface area (Å²) in [6.45, 7) is 1.71. The highest BCUT2D eigenvalue weighted by atomic mass is 35.5. The normalized spacial score (nSPS) is 17.9. The average Bonchev–Trinajstić information content (AvgIpc) is 3.06. The molecule has 1 aromatic carbocycles. The van der Waals surface area contributed by atoms with Gasteiger partial charge in [0.2, 0.25) is 0 Å². The van der Waals surface area contributed by atoms with Crippen molar-refractivity contribution in [2.75, 3.05) is 13.1 Å². The van der Waals surface area contributed by atoms with Crippen molar-refractivity contribution in [3.8, 4) is 10.4 Å². The molecule has 0 radical (unpaired) electrons. The molecule has 146 valence electrons. The first-order chi connectivity index (χ1) is 13.4. The van der Waals surface area contributed by atoms with E-state index in [1.54, 1.807) is 6.07 Å². The van der Waals surface area contributed by atoms with Crippen LogP contribution in [0.25, 0.3) is 20.5 Å². The van der Waals surface area contributed by atoms with Crippen molar-refractivity contribution in [3.05, 3.63) is 45.7 Å². The number of aromatic nitrogens is 2. The number of nitrogens with zero attached hydrogens (tertiary/aromatic N) is 3. The van der Waals surface area contributed by atoms with Gasteiger partial charge < -0.3 is 5.73 Å². The molecule has 3 heterocycles. The number of nitrogens with two attached hydrogens (primary N) is 1. The summed E-state index contributed by atoms with van der Waals surface area (Å²) < 4.78 is 2.56. The van der Waals surface area contributed by atoms with E-state index in [2.05, 4.69) is 10.2 Å². The highest BCUT2D eigenvalue weighted by Crippen LogP contribution is 2.38. The lowest BCUT2D eigenvalue weighted by atomic mass is 9.93. The molecule has 1 unspecified atom stereocenters. The Bertz CT molecular complexity index is 1030. The van der Waals surface area contributed by atoms with Crippen molar-refractivity contribution in [3.63, 3.8) is 0 Å². The molecule has 1 amide bonds. The first kappa shape index (κ1) is 19.9. The molecular formula is C19H17Cl3N4OS. The quantitative estimate of drug-likeness (QED) is 0.551. The van der Waals surface area contributed by atoms with Gasteiger partial charge in [-0.1, -0.05) is 23.2 Å². The molecule has 0 spiro atoms. The van der Waals surface area contributed by atoms with Crippen LogP contribution in [0.1, 0.15) is 29.0 Å². The minimum absolute atomic E-state index is 0.186. The summed E-state index contributed by atoms with van der Waals surface area (Å²) in [6, 6.07) is 7.38. The lowest BCUT2D eigenvalue weighted by Gasteiger charge is -2.27. The van der Waals surface area contributed by atoms with Gasteiger partial charge in [-0.25, -0.2) is 4.42 Å². The molecule has 0 saturated carbocycles. The van der Waals surface area contributed by atoms with Crippen molar-refractivity contribution >= 4 is 62.3 Å². The topological polar surface area (TPSA) is 72.1 Å². The first-order valence-electron chi connectivity index (χ1n) is 8.87. The molecule has 0 bridgehead atoms. The number of hydrogen-bond acceptors (Lipinski definition) is 5. The molecular weight excluding hydrogens is 439 g/mol. The fraction of sp³-hybridized carbons (Fsp3) is 0.316. The molecule has 28 heavy (non-hydrogen) atoms. The number of primary amides is 1. The zero-order valence-electron chi connectivity index (χ0n) is 14.8. The third kappa shape index (κ3) is 4.11. The molecule has 1 aliphatic rings. The molecule has 4 rings (SSSR count). The summed E-state index contributed by atoms with van der Waals surface area (Å²) in [6.07, 6.45) is 2.89. The van der Waals surface area contributed by atoms with E-state index in [4.69, 9.17) is 40.7 Å². The summed E-state index contributed by atoms with van der Waals surface area (Å²) in [5, 5.41) is 10.5. The van der Waals surface area contributed by atoms with E-state index in [9.17, 15) is 4.79 Å². The van der Waals surface area contributed by atoms with Gasteiger partial charge in [0.15, 0.2) is 5.69 Å². The van der Waals surface area contributed by atoms with E-state index in [-0.39, 0.29) is 5.69 Å². The number of fused-ring (bicyclic) bond motifs is 1. The molecule has 1 fully saturated rings. The van der Waals surface area contributed by atoms with Crippen LogP contribution in [0.15, 0.2) is 24.3 Å². The Morgan fingerprint density at radius 2 is 1.96 bits per heavy atom. The fourth-order valence-electron chi connectivity index (χ4n) is 3.60. The minimum atomic E-state index is -0.592. The Morgan fingerprint density at radius 3 is 2.64 bits per heavy atom. The van der Waals surface area contributed by atoms with Gasteiger partial charge in [0.25, 0.3) is 5.91 Å². The van der Waals surface area contributed by atoms with Crippen LogP contribution in [0.5, 0.6) is 0 Å². The van der Waals surface area contributed by atoms with Crippen molar-refractivity contribution in [1.29, 1.82) is 0 Å². The average molecular weight is 456 g/mol. The molecule has 5 nitrogen and oxygen atoms in total. The van der Waals surface area contributed by atoms with Crippen LogP contribution in [-0.4, -0.2) is 33.6 Å². The van der Waals surface area contributed by atoms with E-state index in [0.29, 0.717) is 16.0 Å². The van der Waals surface area contributed by atoms with Crippen molar-refractivity contribution < 1.29 is 4.79 Å². The van der Waals surface area contributed by atoms with E-state index in [1.165, 1.54) is 11.3 Å². The highest BCUT2D eigenvalue weighted by molar-refractivity contribution is 7.22. The summed E-state index contributed by atoms with van der Waals surface area (Å²) in [5.74, 6) is -0.196. The lowest BCUT2D eigenvalue weighted by Crippen LogP contribution is -2.29. The van der Waals surface area contributed by atoms with Crippen LogP contribution >= 0.6 is 46.3 Å². The van der Waals surface area contributed by atoms with E-state index in [1.807, 2.05) is 22.6 Å². The van der Waals surface area contributed by atoms with E-state index in [0.717, 1.165) is 58.6 Å². The fourth-order valence-corrected chi connectivity index (χ4v) is 5.59. The number of carbonyl (C=O) groups excluding carboxylic acids is 1. The zero-order valence-corrected chi connectivity index (χ0v) is 17.9. The Labute approximate surface area is 181 Å². The smallest absolute Gasteiger partial charge is 0.270 e. The van der Waals surface area contributed by atoms with Gasteiger partial charge in [0.1, 0.15) is 0 Å². The molecule has 0 aliphatic carbocycles. The third-order valence-corrected chi connectivity index (χ3v) is 6.80. The van der Waals surface area contributed by atoms with Crippen LogP contribution < -0.4 is 5.73 Å². The Hall–Kier alpha value is -1.44. The predicted molar refractivity (Wildman–Crippen MR) is 115 cm³/mol. The summed E-state index contributed by atoms with van der Waals surface area (Å²) >= 11 is 19.9. The second-order valence-electron chi connectivity index (χ2n) is 6.95. The summed E-state index contributed by atoms with van der Waals surface area (Å²) in [4.78, 5) is 12.8. The summed E-state index contributed by atoms with van der Waals surface area (Å²) in [7, 11) is 0. The van der Waals surface area contributed by atoms with E-state index >= 15 is 0 Å². The van der Waals surface area contributed by atoms with Gasteiger partial charge in [-0.3, -0.25) is 4.79 Å². The SMILES string of the molecule is NC(=O)c1nnc(CC2CCCN(Cl)C2)c2cc(-c3cc(Cl)cc(Cl)c3)sc12. The molecule has 1 saturated heterocycles. The molecule has 9 heteroatoms. The van der Waals surface area contributed by atoms with Crippen LogP contribution in [0.2, 0.25) is 10.0 Å². The summed E-state index contributed by atoms with van der Waals surface area (Å²) in [5.41, 5.74) is 7.45. The van der Waals surface area contributed by atoms with Crippen LogP contribution in [-0.2, 0) is 6.42 Å². The molecule has 1 aliphatic heterocycles. The Balaban J connectivity index is 1.79. The monoisotopic (exact) mass is 454 g/mol. The first-order valence-corrected chi connectivity index (χ1v) is 10.8. The largest absolute Gasteiger partial charge is 0.364 e. The predicted octanol–water partition coefficient (Wildman–Crippen LogP) is 5.17. The standard InChI is InChI=1S/C19H17Cl3N4OS/c20-12-5-11(6-13(21)7-12)16-8-14-15(4-10-2-1-3-26(22)9-10)24-25-17(19(23)27)18(14)28-16/h5-8,10H,1-4,9H2,(H2,23,27). The third-order valence-electron chi connectivity index (χ3n) is 4.86. The van der Waals surface area contributed by atoms with Gasteiger partial charge in [-0.15, -0.1) is 16.4 Å². The maximum absolute atomic E-state index is 11.9. The Kier molecular flexibility index (Phi) is 5.76. The number of hydrogen-bond donors (Lipinski definition) is 1. The van der Waals surface area contributed by atoms with Crippen molar-refractivity contribution in [2.45, 2.75) is 19.3 Å². The molecule has 2 N–H and O–H groups in total. The van der Waals surface area contributed by atoms with Crippen LogP contribution in [0.3, 0.4) is 0 Å². The number of rotatable bonds is 4. The maximum atomic E-state index is 11.9. The maximum Gasteiger partial charge on any atom is 0.270 e. The second kappa shape index (κ2) is 8.13. The van der Waals surface area contributed by atoms with Gasteiger partial charge in [-0.05, 0) is 66.8 Å². The number of benzene rings is 1. The molecule has 1 atom stereocenters. The van der Waals surface area contributed by atoms with Gasteiger partial charge in [0.05, 0.1) is 10.4 Å². The molecule has 3 aromatic rings. The zero-order chi connectivity index (χ0) is 19.8. The van der Waals surface area contributed by atoms with Crippen LogP contribution in [0, 0.1) is 5.92 Å². The van der Waals surface area contributed by atoms with Gasteiger partial charge in [0, 0.05) is 33.4 Å². The minimum Gasteiger partial charge on any atom is -0.364 e. The number of piperidine rings is 1. The van der Waals surface area contributed by atoms with Crippen molar-refractivity contribution in [2.24, 2.45) is 11.7 Å². The van der Waals surface area contributed by atoms with Crippen molar-refractivity contribution in [1.82, 2.24) is 14.6 Å². The van der Waals surface area contributed by atoms with Gasteiger partial charge in [-0.2, -0.15) is 5.10 Å². The number of halogens is 3. The number of carbonyl (C=O) groups is 1. The lowest BCUT2D eigenvalue weighted by molar-refractivity contribution is 0.0996. The molecule has 2 aromatic heterocycles. The second-order valence-corrected chi connectivity index (χ2v) is 9.36. The van der Waals surface area contributed by atoms with E-state index < -0.39 is 5.91 Å². The highest BCUT2D eigenvalue weighted by Gasteiger charge is 2.23. The number of amides is 1. The van der Waals surface area contributed by atoms with Gasteiger partial charge >= 0.3 is 0 Å². The van der Waals surface area contributed by atoms with Crippen LogP contribution in [0.4, 0.5) is 0 Å². The number of thiophene rings is 1.